The van der Waals surface area contributed by atoms with E-state index in [1.165, 1.54) is 30.0 Å². The summed E-state index contributed by atoms with van der Waals surface area (Å²) in [5.41, 5.74) is -1.14. The number of anilines is 1. The molecule has 0 N–H and O–H groups in total. The van der Waals surface area contributed by atoms with Crippen LogP contribution in [0, 0.1) is 0 Å². The summed E-state index contributed by atoms with van der Waals surface area (Å²) in [5, 5.41) is 0.401. The number of alkyl halides is 3. The van der Waals surface area contributed by atoms with Crippen LogP contribution in [0.5, 0.6) is 0 Å². The first kappa shape index (κ1) is 35.3. The van der Waals surface area contributed by atoms with Crippen LogP contribution < -0.4 is 10.6 Å². The molecule has 2 aromatic carbocycles. The van der Waals surface area contributed by atoms with Gasteiger partial charge in [0.25, 0.3) is 0 Å². The quantitative estimate of drug-likeness (QED) is 0.200. The fourth-order valence-electron chi connectivity index (χ4n) is 7.29. The van der Waals surface area contributed by atoms with E-state index in [2.05, 4.69) is 28.3 Å². The van der Waals surface area contributed by atoms with Gasteiger partial charge in [-0.15, -0.1) is 11.8 Å². The number of rotatable bonds is 6. The molecule has 0 saturated carbocycles. The lowest BCUT2D eigenvalue weighted by molar-refractivity contribution is -0.137. The van der Waals surface area contributed by atoms with E-state index in [1.807, 2.05) is 18.7 Å². The highest BCUT2D eigenvalue weighted by molar-refractivity contribution is 7.99. The van der Waals surface area contributed by atoms with Gasteiger partial charge in [-0.1, -0.05) is 48.3 Å². The molecule has 48 heavy (non-hydrogen) atoms. The molecule has 15 heteroatoms. The minimum Gasteiger partial charge on any atom is -0.352 e. The van der Waals surface area contributed by atoms with Crippen molar-refractivity contribution in [2.75, 3.05) is 63.0 Å². The number of carbonyl (C=O) groups is 1. The number of hydrogen-bond donors (Lipinski definition) is 0. The second kappa shape index (κ2) is 13.7. The lowest BCUT2D eigenvalue weighted by Gasteiger charge is -2.45. The number of aromatic nitrogens is 2. The number of benzene rings is 2. The summed E-state index contributed by atoms with van der Waals surface area (Å²) in [4.78, 5) is 39.8. The molecule has 3 aromatic rings. The van der Waals surface area contributed by atoms with Crippen LogP contribution in [0.3, 0.4) is 0 Å². The van der Waals surface area contributed by atoms with Crippen molar-refractivity contribution < 1.29 is 18.0 Å². The third kappa shape index (κ3) is 6.44. The Balaban J connectivity index is 1.58. The van der Waals surface area contributed by atoms with E-state index in [-0.39, 0.29) is 79.4 Å². The highest BCUT2D eigenvalue weighted by Gasteiger charge is 2.41. The number of carbonyl (C=O) groups excluding carboxylic acids is 1. The number of hydrogen-bond acceptors (Lipinski definition) is 7. The molecule has 258 valence electrons. The zero-order valence-corrected chi connectivity index (χ0v) is 29.9. The summed E-state index contributed by atoms with van der Waals surface area (Å²) >= 11 is 20.4. The van der Waals surface area contributed by atoms with Crippen LogP contribution in [-0.4, -0.2) is 100 Å². The summed E-state index contributed by atoms with van der Waals surface area (Å²) in [7, 11) is 0. The van der Waals surface area contributed by atoms with Crippen molar-refractivity contribution in [2.45, 2.75) is 50.0 Å². The molecular formula is C33H36Cl3F3N6O2S. The normalized spacial score (nSPS) is 22.4. The first-order chi connectivity index (χ1) is 22.7. The molecular weight excluding hydrogens is 708 g/mol. The van der Waals surface area contributed by atoms with Crippen LogP contribution in [-0.2, 0) is 11.0 Å². The molecule has 2 fully saturated rings. The molecule has 2 saturated heterocycles. The highest BCUT2D eigenvalue weighted by atomic mass is 35.5. The standard InChI is InChI=1S/C33H36Cl3F3N6O2S/c1-5-27(46)44-18(3)14-43(15-19(44)4)31-22-11-23(33(37,38)39)28(21-12-25(35)26(36)13-24(21)34)30-29(22)45(32(47)40-31)20(17-48-30)16-42-9-7-41(6-2)8-10-42/h5,11-13,18-20H,1,6-10,14-17H2,2-4H3/t18-,19+,20-/m0/s1. The minimum absolute atomic E-state index is 0.0100. The van der Waals surface area contributed by atoms with Gasteiger partial charge >= 0.3 is 11.9 Å². The molecule has 8 nitrogen and oxygen atoms in total. The molecule has 0 radical (unpaired) electrons. The van der Waals surface area contributed by atoms with Crippen molar-refractivity contribution in [2.24, 2.45) is 0 Å². The number of piperazine rings is 2. The first-order valence-electron chi connectivity index (χ1n) is 15.9. The zero-order valence-electron chi connectivity index (χ0n) is 26.8. The molecule has 1 aromatic heterocycles. The Morgan fingerprint density at radius 2 is 1.65 bits per heavy atom. The van der Waals surface area contributed by atoms with Crippen molar-refractivity contribution >= 4 is 69.2 Å². The minimum atomic E-state index is -4.79. The van der Waals surface area contributed by atoms with E-state index < -0.39 is 17.4 Å². The zero-order chi connectivity index (χ0) is 34.7. The number of halogens is 6. The van der Waals surface area contributed by atoms with Gasteiger partial charge in [-0.25, -0.2) is 4.79 Å². The number of nitrogens with zero attached hydrogens (tertiary/aromatic N) is 6. The Morgan fingerprint density at radius 3 is 2.25 bits per heavy atom. The third-order valence-corrected chi connectivity index (χ3v) is 11.8. The average molecular weight is 744 g/mol. The molecule has 3 aliphatic heterocycles. The summed E-state index contributed by atoms with van der Waals surface area (Å²) in [5.74, 6) is 0.286. The fourth-order valence-corrected chi connectivity index (χ4v) is 9.26. The van der Waals surface area contributed by atoms with E-state index in [0.29, 0.717) is 17.8 Å². The third-order valence-electron chi connectivity index (χ3n) is 9.54. The Kier molecular flexibility index (Phi) is 10.1. The highest BCUT2D eigenvalue weighted by Crippen LogP contribution is 2.52. The molecule has 1 amide bonds. The Morgan fingerprint density at radius 1 is 1.02 bits per heavy atom. The van der Waals surface area contributed by atoms with Gasteiger partial charge < -0.3 is 14.7 Å². The second-order valence-corrected chi connectivity index (χ2v) is 14.9. The predicted molar refractivity (Wildman–Crippen MR) is 188 cm³/mol. The molecule has 4 heterocycles. The smallest absolute Gasteiger partial charge is 0.352 e. The molecule has 0 aliphatic carbocycles. The largest absolute Gasteiger partial charge is 0.417 e. The Hall–Kier alpha value is -2.48. The lowest BCUT2D eigenvalue weighted by Crippen LogP contribution is -2.58. The van der Waals surface area contributed by atoms with Crippen LogP contribution in [0.2, 0.25) is 15.1 Å². The van der Waals surface area contributed by atoms with Crippen molar-refractivity contribution in [3.05, 3.63) is 62.0 Å². The molecule has 6 rings (SSSR count). The predicted octanol–water partition coefficient (Wildman–Crippen LogP) is 6.94. The van der Waals surface area contributed by atoms with Crippen LogP contribution in [0.15, 0.2) is 40.5 Å². The van der Waals surface area contributed by atoms with Gasteiger partial charge in [0.1, 0.15) is 5.82 Å². The molecule has 0 bridgehead atoms. The van der Waals surface area contributed by atoms with Crippen LogP contribution in [0.4, 0.5) is 19.0 Å². The van der Waals surface area contributed by atoms with E-state index >= 15 is 13.2 Å². The first-order valence-corrected chi connectivity index (χ1v) is 18.0. The topological polar surface area (TPSA) is 64.9 Å². The van der Waals surface area contributed by atoms with Crippen molar-refractivity contribution in [3.8, 4) is 11.1 Å². The molecule has 3 aliphatic rings. The Bertz CT molecular complexity index is 1820. The maximum atomic E-state index is 15.1. The van der Waals surface area contributed by atoms with Crippen molar-refractivity contribution in [1.82, 2.24) is 24.3 Å². The molecule has 3 atom stereocenters. The van der Waals surface area contributed by atoms with Gasteiger partial charge in [-0.05, 0) is 44.7 Å². The summed E-state index contributed by atoms with van der Waals surface area (Å²) in [6, 6.07) is 2.81. The second-order valence-electron chi connectivity index (χ2n) is 12.6. The van der Waals surface area contributed by atoms with Gasteiger partial charge in [0.15, 0.2) is 0 Å². The van der Waals surface area contributed by atoms with E-state index in [9.17, 15) is 9.59 Å². The van der Waals surface area contributed by atoms with Crippen LogP contribution in [0.1, 0.15) is 32.4 Å². The molecule has 0 unspecified atom stereocenters. The monoisotopic (exact) mass is 742 g/mol. The van der Waals surface area contributed by atoms with Gasteiger partial charge in [0, 0.05) is 85.1 Å². The lowest BCUT2D eigenvalue weighted by atomic mass is 9.95. The number of likely N-dealkylation sites (N-methyl/N-ethyl adjacent to an activating group) is 1. The summed E-state index contributed by atoms with van der Waals surface area (Å²) < 4.78 is 47.0. The van der Waals surface area contributed by atoms with E-state index in [0.717, 1.165) is 38.8 Å². The van der Waals surface area contributed by atoms with Gasteiger partial charge in [0.2, 0.25) is 5.91 Å². The average Bonchev–Trinajstić information content (AvgIpc) is 3.04. The van der Waals surface area contributed by atoms with Gasteiger partial charge in [0.05, 0.1) is 32.2 Å². The van der Waals surface area contributed by atoms with E-state index in [1.54, 1.807) is 9.47 Å². The maximum Gasteiger partial charge on any atom is 0.417 e. The Labute approximate surface area is 296 Å². The van der Waals surface area contributed by atoms with Gasteiger partial charge in [-0.2, -0.15) is 18.2 Å². The van der Waals surface area contributed by atoms with Crippen molar-refractivity contribution in [1.29, 1.82) is 0 Å². The van der Waals surface area contributed by atoms with Crippen LogP contribution in [0.25, 0.3) is 22.0 Å². The number of thioether (sulfide) groups is 1. The van der Waals surface area contributed by atoms with Crippen LogP contribution >= 0.6 is 46.6 Å². The molecule has 0 spiro atoms. The number of amides is 1. The SMILES string of the molecule is C=CC(=O)N1[C@H](C)CN(c2nc(=O)n3c4c(c(-c5cc(Cl)c(Cl)cc5Cl)c(C(F)(F)F)cc24)SC[C@@H]3CN2CCN(CC)CC2)C[C@@H]1C. The van der Waals surface area contributed by atoms with E-state index in [4.69, 9.17) is 34.8 Å². The summed E-state index contributed by atoms with van der Waals surface area (Å²) in [6.45, 7) is 15.0. The van der Waals surface area contributed by atoms with Gasteiger partial charge in [-0.3, -0.25) is 14.3 Å². The summed E-state index contributed by atoms with van der Waals surface area (Å²) in [6.07, 6.45) is -3.54. The van der Waals surface area contributed by atoms with Crippen molar-refractivity contribution in [3.63, 3.8) is 0 Å². The maximum absolute atomic E-state index is 15.1. The fraction of sp³-hybridized carbons (Fsp3) is 0.485.